The van der Waals surface area contributed by atoms with Crippen molar-refractivity contribution in [2.75, 3.05) is 0 Å². The van der Waals surface area contributed by atoms with Gasteiger partial charge in [0.2, 0.25) is 4.47 Å². The molecule has 0 spiro atoms. The first-order chi connectivity index (χ1) is 6.66. The van der Waals surface area contributed by atoms with Crippen LogP contribution in [0.25, 0.3) is 10.6 Å². The zero-order valence-corrected chi connectivity index (χ0v) is 9.83. The van der Waals surface area contributed by atoms with Crippen LogP contribution in [0.1, 0.15) is 0 Å². The average Bonchev–Trinajstić information content (AvgIpc) is 2.56. The van der Waals surface area contributed by atoms with E-state index >= 15 is 0 Å². The summed E-state index contributed by atoms with van der Waals surface area (Å²) in [6.45, 7) is 0. The number of aromatic nitrogens is 2. The summed E-state index contributed by atoms with van der Waals surface area (Å²) in [7, 11) is 0. The van der Waals surface area contributed by atoms with Crippen LogP contribution < -0.4 is 0 Å². The Balaban J connectivity index is 2.55. The van der Waals surface area contributed by atoms with Gasteiger partial charge in [-0.2, -0.15) is 0 Å². The smallest absolute Gasteiger partial charge is 0.206 e. The predicted molar refractivity (Wildman–Crippen MR) is 58.0 cm³/mol. The standard InChI is InChI=1S/C8H3BrClFN2S/c9-4-1-2-6(11)5(3-4)7-12-13-8(10)14-7/h1-3H. The Morgan fingerprint density at radius 3 is 2.79 bits per heavy atom. The molecule has 0 aliphatic carbocycles. The fraction of sp³-hybridized carbons (Fsp3) is 0. The first kappa shape index (κ1) is 10.0. The van der Waals surface area contributed by atoms with E-state index in [0.717, 1.165) is 15.8 Å². The second kappa shape index (κ2) is 3.92. The molecule has 0 bridgehead atoms. The Bertz CT molecular complexity index is 474. The van der Waals surface area contributed by atoms with Crippen molar-refractivity contribution in [3.8, 4) is 10.6 Å². The normalized spacial score (nSPS) is 10.5. The van der Waals surface area contributed by atoms with E-state index in [-0.39, 0.29) is 5.82 Å². The molecule has 0 aliphatic heterocycles. The molecule has 0 N–H and O–H groups in total. The van der Waals surface area contributed by atoms with Crippen molar-refractivity contribution in [2.45, 2.75) is 0 Å². The van der Waals surface area contributed by atoms with E-state index in [4.69, 9.17) is 11.6 Å². The first-order valence-corrected chi connectivity index (χ1v) is 5.60. The zero-order valence-electron chi connectivity index (χ0n) is 6.67. The number of halogens is 3. The lowest BCUT2D eigenvalue weighted by Gasteiger charge is -1.98. The van der Waals surface area contributed by atoms with Crippen molar-refractivity contribution < 1.29 is 4.39 Å². The van der Waals surface area contributed by atoms with Crippen molar-refractivity contribution in [1.29, 1.82) is 0 Å². The van der Waals surface area contributed by atoms with E-state index in [9.17, 15) is 4.39 Å². The van der Waals surface area contributed by atoms with Gasteiger partial charge in [0.05, 0.1) is 0 Å². The molecule has 1 heterocycles. The molecule has 6 heteroatoms. The summed E-state index contributed by atoms with van der Waals surface area (Å²) < 4.78 is 14.4. The lowest BCUT2D eigenvalue weighted by atomic mass is 10.2. The van der Waals surface area contributed by atoms with Gasteiger partial charge in [-0.1, -0.05) is 27.3 Å². The summed E-state index contributed by atoms with van der Waals surface area (Å²) in [5, 5.41) is 7.86. The van der Waals surface area contributed by atoms with Gasteiger partial charge in [0, 0.05) is 10.0 Å². The quantitative estimate of drug-likeness (QED) is 0.800. The lowest BCUT2D eigenvalue weighted by Crippen LogP contribution is -1.83. The topological polar surface area (TPSA) is 25.8 Å². The first-order valence-electron chi connectivity index (χ1n) is 3.61. The summed E-state index contributed by atoms with van der Waals surface area (Å²) in [5.41, 5.74) is 0.406. The number of rotatable bonds is 1. The van der Waals surface area contributed by atoms with Crippen molar-refractivity contribution in [3.05, 3.63) is 33.0 Å². The molecule has 0 radical (unpaired) electrons. The molecule has 2 rings (SSSR count). The molecule has 1 aromatic heterocycles. The van der Waals surface area contributed by atoms with Gasteiger partial charge in [0.25, 0.3) is 0 Å². The Morgan fingerprint density at radius 1 is 1.36 bits per heavy atom. The number of nitrogens with zero attached hydrogens (tertiary/aromatic N) is 2. The van der Waals surface area contributed by atoms with Crippen molar-refractivity contribution in [1.82, 2.24) is 10.2 Å². The van der Waals surface area contributed by atoms with Crippen molar-refractivity contribution in [2.24, 2.45) is 0 Å². The number of benzene rings is 1. The third-order valence-corrected chi connectivity index (χ3v) is 3.10. The maximum atomic E-state index is 13.3. The largest absolute Gasteiger partial charge is 0.207 e. The van der Waals surface area contributed by atoms with E-state index in [0.29, 0.717) is 15.0 Å². The second-order valence-corrected chi connectivity index (χ2v) is 4.96. The van der Waals surface area contributed by atoms with Gasteiger partial charge in [-0.05, 0) is 29.8 Å². The Labute approximate surface area is 96.9 Å². The van der Waals surface area contributed by atoms with Gasteiger partial charge in [-0.3, -0.25) is 0 Å². The second-order valence-electron chi connectivity index (χ2n) is 2.48. The molecule has 2 aromatic rings. The van der Waals surface area contributed by atoms with Crippen molar-refractivity contribution in [3.63, 3.8) is 0 Å². The van der Waals surface area contributed by atoms with Crippen LogP contribution in [0.15, 0.2) is 22.7 Å². The van der Waals surface area contributed by atoms with E-state index < -0.39 is 0 Å². The molecular formula is C8H3BrClFN2S. The van der Waals surface area contributed by atoms with Crippen molar-refractivity contribution >= 4 is 38.9 Å². The maximum Gasteiger partial charge on any atom is 0.207 e. The highest BCUT2D eigenvalue weighted by Gasteiger charge is 2.10. The van der Waals surface area contributed by atoms with Crippen LogP contribution in [-0.2, 0) is 0 Å². The summed E-state index contributed by atoms with van der Waals surface area (Å²) in [4.78, 5) is 0. The van der Waals surface area contributed by atoms with Gasteiger partial charge >= 0.3 is 0 Å². The van der Waals surface area contributed by atoms with Crippen LogP contribution in [0, 0.1) is 5.82 Å². The molecule has 0 atom stereocenters. The van der Waals surface area contributed by atoms with Gasteiger partial charge in [0.15, 0.2) is 5.01 Å². The zero-order chi connectivity index (χ0) is 10.1. The average molecular weight is 294 g/mol. The van der Waals surface area contributed by atoms with E-state index in [1.165, 1.54) is 6.07 Å². The molecule has 14 heavy (non-hydrogen) atoms. The molecular weight excluding hydrogens is 291 g/mol. The van der Waals surface area contributed by atoms with Gasteiger partial charge in [0.1, 0.15) is 5.82 Å². The third kappa shape index (κ3) is 1.94. The minimum atomic E-state index is -0.332. The monoisotopic (exact) mass is 292 g/mol. The minimum absolute atomic E-state index is 0.305. The lowest BCUT2D eigenvalue weighted by molar-refractivity contribution is 0.630. The van der Waals surface area contributed by atoms with E-state index in [1.54, 1.807) is 12.1 Å². The van der Waals surface area contributed by atoms with Crippen LogP contribution in [-0.4, -0.2) is 10.2 Å². The molecule has 0 unspecified atom stereocenters. The summed E-state index contributed by atoms with van der Waals surface area (Å²) in [6.07, 6.45) is 0. The summed E-state index contributed by atoms with van der Waals surface area (Å²) >= 11 is 10.0. The Kier molecular flexibility index (Phi) is 2.80. The highest BCUT2D eigenvalue weighted by atomic mass is 79.9. The van der Waals surface area contributed by atoms with Crippen LogP contribution >= 0.6 is 38.9 Å². The highest BCUT2D eigenvalue weighted by molar-refractivity contribution is 9.10. The molecule has 0 aliphatic rings. The van der Waals surface area contributed by atoms with Gasteiger partial charge < -0.3 is 0 Å². The fourth-order valence-corrected chi connectivity index (χ4v) is 2.18. The number of hydrogen-bond donors (Lipinski definition) is 0. The SMILES string of the molecule is Fc1ccc(Br)cc1-c1nnc(Cl)s1. The molecule has 0 amide bonds. The molecule has 0 fully saturated rings. The van der Waals surface area contributed by atoms with Gasteiger partial charge in [-0.25, -0.2) is 4.39 Å². The molecule has 0 saturated heterocycles. The maximum absolute atomic E-state index is 13.3. The summed E-state index contributed by atoms with van der Waals surface area (Å²) in [5.74, 6) is -0.332. The Hall–Kier alpha value is -0.520. The van der Waals surface area contributed by atoms with Gasteiger partial charge in [-0.15, -0.1) is 10.2 Å². The van der Waals surface area contributed by atoms with Crippen LogP contribution in [0.3, 0.4) is 0 Å². The molecule has 1 aromatic carbocycles. The summed E-state index contributed by atoms with van der Waals surface area (Å²) in [6, 6.07) is 4.64. The van der Waals surface area contributed by atoms with Crippen LogP contribution in [0.2, 0.25) is 4.47 Å². The number of hydrogen-bond acceptors (Lipinski definition) is 3. The third-order valence-electron chi connectivity index (χ3n) is 1.56. The van der Waals surface area contributed by atoms with Crippen LogP contribution in [0.5, 0.6) is 0 Å². The highest BCUT2D eigenvalue weighted by Crippen LogP contribution is 2.30. The van der Waals surface area contributed by atoms with E-state index in [1.807, 2.05) is 0 Å². The molecule has 2 nitrogen and oxygen atoms in total. The fourth-order valence-electron chi connectivity index (χ4n) is 0.976. The minimum Gasteiger partial charge on any atom is -0.206 e. The Morgan fingerprint density at radius 2 is 2.14 bits per heavy atom. The molecule has 0 saturated carbocycles. The van der Waals surface area contributed by atoms with Crippen LogP contribution in [0.4, 0.5) is 4.39 Å². The predicted octanol–water partition coefficient (Wildman–Crippen LogP) is 3.76. The van der Waals surface area contributed by atoms with E-state index in [2.05, 4.69) is 26.1 Å². The molecule has 72 valence electrons.